The zero-order valence-electron chi connectivity index (χ0n) is 15.7. The van der Waals surface area contributed by atoms with Gasteiger partial charge >= 0.3 is 12.2 Å². The van der Waals surface area contributed by atoms with Gasteiger partial charge in [0.1, 0.15) is 30.0 Å². The number of nitrogens with one attached hydrogen (secondary N) is 2. The topological polar surface area (TPSA) is 89.1 Å². The highest BCUT2D eigenvalue weighted by atomic mass is 19.4. The molecule has 158 valence electrons. The van der Waals surface area contributed by atoms with Crippen LogP contribution in [0.3, 0.4) is 0 Å². The van der Waals surface area contributed by atoms with E-state index in [2.05, 4.69) is 10.6 Å². The molecule has 0 fully saturated rings. The van der Waals surface area contributed by atoms with Gasteiger partial charge in [0.25, 0.3) is 0 Å². The lowest BCUT2D eigenvalue weighted by molar-refractivity contribution is -0.137. The maximum atomic E-state index is 12.7. The van der Waals surface area contributed by atoms with Gasteiger partial charge in [-0.1, -0.05) is 6.07 Å². The third-order valence-electron chi connectivity index (χ3n) is 3.76. The van der Waals surface area contributed by atoms with Gasteiger partial charge in [-0.05, 0) is 30.3 Å². The summed E-state index contributed by atoms with van der Waals surface area (Å²) in [5, 5.41) is 14.9. The summed E-state index contributed by atoms with van der Waals surface area (Å²) in [5.41, 5.74) is -0.492. The smallest absolute Gasteiger partial charge is 0.416 e. The lowest BCUT2D eigenvalue weighted by Crippen LogP contribution is -2.37. The molecule has 7 nitrogen and oxygen atoms in total. The van der Waals surface area contributed by atoms with E-state index in [0.29, 0.717) is 17.2 Å². The molecule has 2 aromatic carbocycles. The first-order chi connectivity index (χ1) is 13.7. The van der Waals surface area contributed by atoms with Crippen LogP contribution in [0, 0.1) is 0 Å². The van der Waals surface area contributed by atoms with Crippen molar-refractivity contribution in [2.45, 2.75) is 12.3 Å². The molecule has 2 amide bonds. The fourth-order valence-corrected chi connectivity index (χ4v) is 2.30. The number of aliphatic hydroxyl groups excluding tert-OH is 1. The normalized spacial score (nSPS) is 12.1. The van der Waals surface area contributed by atoms with Gasteiger partial charge in [0.15, 0.2) is 0 Å². The van der Waals surface area contributed by atoms with E-state index in [-0.39, 0.29) is 18.9 Å². The summed E-state index contributed by atoms with van der Waals surface area (Å²) in [4.78, 5) is 12.0. The molecule has 0 heterocycles. The SMILES string of the molecule is COc1ccc(OC)c(NC(=O)NC[C@H](O)COc2cccc(C(F)(F)F)c2)c1. The number of urea groups is 1. The Hall–Kier alpha value is -3.14. The number of halogens is 3. The predicted octanol–water partition coefficient (Wildman–Crippen LogP) is 3.28. The van der Waals surface area contributed by atoms with Crippen molar-refractivity contribution >= 4 is 11.7 Å². The summed E-state index contributed by atoms with van der Waals surface area (Å²) in [6.07, 6.45) is -5.62. The van der Waals surface area contributed by atoms with Crippen LogP contribution in [0.5, 0.6) is 17.2 Å². The number of rotatable bonds is 8. The van der Waals surface area contributed by atoms with Crippen molar-refractivity contribution in [3.8, 4) is 17.2 Å². The summed E-state index contributed by atoms with van der Waals surface area (Å²) < 4.78 is 53.4. The highest BCUT2D eigenvalue weighted by Gasteiger charge is 2.30. The van der Waals surface area contributed by atoms with Crippen molar-refractivity contribution in [2.75, 3.05) is 32.7 Å². The quantitative estimate of drug-likeness (QED) is 0.617. The molecule has 0 radical (unpaired) electrons. The molecule has 2 aromatic rings. The van der Waals surface area contributed by atoms with Crippen LogP contribution in [0.2, 0.25) is 0 Å². The molecular weight excluding hydrogens is 393 g/mol. The van der Waals surface area contributed by atoms with Crippen molar-refractivity contribution in [3.05, 3.63) is 48.0 Å². The predicted molar refractivity (Wildman–Crippen MR) is 99.5 cm³/mol. The Morgan fingerprint density at radius 1 is 1.10 bits per heavy atom. The molecule has 0 bridgehead atoms. The minimum absolute atomic E-state index is 0.0376. The highest BCUT2D eigenvalue weighted by Crippen LogP contribution is 2.31. The number of benzene rings is 2. The van der Waals surface area contributed by atoms with Crippen LogP contribution >= 0.6 is 0 Å². The summed E-state index contributed by atoms with van der Waals surface area (Å²) in [6.45, 7) is -0.485. The molecule has 29 heavy (non-hydrogen) atoms. The number of alkyl halides is 3. The molecule has 10 heteroatoms. The van der Waals surface area contributed by atoms with Gasteiger partial charge in [0, 0.05) is 12.6 Å². The van der Waals surface area contributed by atoms with E-state index in [4.69, 9.17) is 14.2 Å². The van der Waals surface area contributed by atoms with Crippen molar-refractivity contribution in [2.24, 2.45) is 0 Å². The van der Waals surface area contributed by atoms with Crippen molar-refractivity contribution in [1.29, 1.82) is 0 Å². The molecule has 0 saturated carbocycles. The Morgan fingerprint density at radius 2 is 1.86 bits per heavy atom. The van der Waals surface area contributed by atoms with Gasteiger partial charge in [-0.15, -0.1) is 0 Å². The zero-order valence-corrected chi connectivity index (χ0v) is 15.7. The largest absolute Gasteiger partial charge is 0.497 e. The lowest BCUT2D eigenvalue weighted by atomic mass is 10.2. The molecular formula is C19H21F3N2O5. The number of ether oxygens (including phenoxy) is 3. The van der Waals surface area contributed by atoms with Gasteiger partial charge in [-0.3, -0.25) is 0 Å². The lowest BCUT2D eigenvalue weighted by Gasteiger charge is -2.16. The molecule has 0 aliphatic carbocycles. The molecule has 0 unspecified atom stereocenters. The second-order valence-electron chi connectivity index (χ2n) is 5.89. The monoisotopic (exact) mass is 414 g/mol. The third kappa shape index (κ3) is 6.75. The van der Waals surface area contributed by atoms with E-state index >= 15 is 0 Å². The molecule has 0 saturated heterocycles. The van der Waals surface area contributed by atoms with Crippen LogP contribution < -0.4 is 24.8 Å². The highest BCUT2D eigenvalue weighted by molar-refractivity contribution is 5.91. The summed E-state index contributed by atoms with van der Waals surface area (Å²) in [5.74, 6) is 0.884. The van der Waals surface area contributed by atoms with Gasteiger partial charge < -0.3 is 30.0 Å². The summed E-state index contributed by atoms with van der Waals surface area (Å²) in [7, 11) is 2.92. The number of hydrogen-bond acceptors (Lipinski definition) is 5. The van der Waals surface area contributed by atoms with Crippen molar-refractivity contribution in [1.82, 2.24) is 5.32 Å². The van der Waals surface area contributed by atoms with Crippen LogP contribution in [0.1, 0.15) is 5.56 Å². The van der Waals surface area contributed by atoms with Gasteiger partial charge in [0.2, 0.25) is 0 Å². The maximum absolute atomic E-state index is 12.7. The van der Waals surface area contributed by atoms with E-state index < -0.39 is 23.9 Å². The zero-order chi connectivity index (χ0) is 21.4. The second-order valence-corrected chi connectivity index (χ2v) is 5.89. The Kier molecular flexibility index (Phi) is 7.54. The molecule has 0 aliphatic rings. The average molecular weight is 414 g/mol. The van der Waals surface area contributed by atoms with E-state index in [1.165, 1.54) is 26.4 Å². The van der Waals surface area contributed by atoms with Crippen LogP contribution in [0.4, 0.5) is 23.7 Å². The maximum Gasteiger partial charge on any atom is 0.416 e. The van der Waals surface area contributed by atoms with Crippen LogP contribution in [0.15, 0.2) is 42.5 Å². The number of carbonyl (C=O) groups excluding carboxylic acids is 1. The van der Waals surface area contributed by atoms with Gasteiger partial charge in [-0.2, -0.15) is 13.2 Å². The minimum atomic E-state index is -4.49. The fraction of sp³-hybridized carbons (Fsp3) is 0.316. The Morgan fingerprint density at radius 3 is 2.52 bits per heavy atom. The second kappa shape index (κ2) is 9.87. The molecule has 0 spiro atoms. The van der Waals surface area contributed by atoms with E-state index in [1.807, 2.05) is 0 Å². The first-order valence-corrected chi connectivity index (χ1v) is 8.48. The summed E-state index contributed by atoms with van der Waals surface area (Å²) >= 11 is 0. The van der Waals surface area contributed by atoms with E-state index in [1.54, 1.807) is 18.2 Å². The molecule has 1 atom stereocenters. The Balaban J connectivity index is 1.84. The van der Waals surface area contributed by atoms with Crippen molar-refractivity contribution < 1.29 is 37.3 Å². The fourth-order valence-electron chi connectivity index (χ4n) is 2.30. The average Bonchev–Trinajstić information content (AvgIpc) is 2.70. The first-order valence-electron chi connectivity index (χ1n) is 8.48. The Bertz CT molecular complexity index is 830. The van der Waals surface area contributed by atoms with Crippen LogP contribution in [-0.4, -0.2) is 44.6 Å². The molecule has 0 aliphatic heterocycles. The molecule has 0 aromatic heterocycles. The van der Waals surface area contributed by atoms with Crippen LogP contribution in [0.25, 0.3) is 0 Å². The standard InChI is InChI=1S/C19H21F3N2O5/c1-27-14-6-7-17(28-2)16(9-14)24-18(26)23-10-13(25)11-29-15-5-3-4-12(8-15)19(20,21)22/h3-9,13,25H,10-11H2,1-2H3,(H2,23,24,26)/t13-/m0/s1. The number of amides is 2. The number of carbonyl (C=O) groups is 1. The van der Waals surface area contributed by atoms with Gasteiger partial charge in [-0.25, -0.2) is 4.79 Å². The van der Waals surface area contributed by atoms with E-state index in [0.717, 1.165) is 12.1 Å². The third-order valence-corrected chi connectivity index (χ3v) is 3.76. The Labute approximate surface area is 165 Å². The number of hydrogen-bond donors (Lipinski definition) is 3. The number of methoxy groups -OCH3 is 2. The van der Waals surface area contributed by atoms with Crippen LogP contribution in [-0.2, 0) is 6.18 Å². The summed E-state index contributed by atoms with van der Waals surface area (Å²) in [6, 6.07) is 8.53. The van der Waals surface area contributed by atoms with Crippen molar-refractivity contribution in [3.63, 3.8) is 0 Å². The molecule has 3 N–H and O–H groups in total. The number of anilines is 1. The molecule has 2 rings (SSSR count). The van der Waals surface area contributed by atoms with E-state index in [9.17, 15) is 23.1 Å². The van der Waals surface area contributed by atoms with Gasteiger partial charge in [0.05, 0.1) is 25.5 Å². The first kappa shape index (κ1) is 22.2. The number of aliphatic hydroxyl groups is 1. The minimum Gasteiger partial charge on any atom is -0.497 e.